The predicted octanol–water partition coefficient (Wildman–Crippen LogP) is 2.47. The molecule has 0 atom stereocenters. The monoisotopic (exact) mass is 311 g/mol. The molecule has 0 radical (unpaired) electrons. The van der Waals surface area contributed by atoms with Crippen molar-refractivity contribution in [3.63, 3.8) is 0 Å². The van der Waals surface area contributed by atoms with Gasteiger partial charge in [-0.1, -0.05) is 30.3 Å². The van der Waals surface area contributed by atoms with Crippen LogP contribution < -0.4 is 11.1 Å². The van der Waals surface area contributed by atoms with E-state index < -0.39 is 0 Å². The highest BCUT2D eigenvalue weighted by molar-refractivity contribution is 6.11. The van der Waals surface area contributed by atoms with Gasteiger partial charge >= 0.3 is 0 Å². The molecular weight excluding hydrogens is 298 g/mol. The first kappa shape index (κ1) is 15.2. The second-order valence-corrected chi connectivity index (χ2v) is 5.27. The first-order valence-electron chi connectivity index (χ1n) is 7.42. The van der Waals surface area contributed by atoms with Crippen LogP contribution in [0.3, 0.4) is 0 Å². The Morgan fingerprint density at radius 1 is 1.04 bits per heavy atom. The minimum atomic E-state index is -0.252. The minimum Gasteiger partial charge on any atom is -0.396 e. The maximum Gasteiger partial charge on any atom is 0.153 e. The SMILES string of the molecule is CCn1c(=C(C#N)C(N)=C(C#N)C#N)c2cccc3cccc1c32. The van der Waals surface area contributed by atoms with Gasteiger partial charge in [0.15, 0.2) is 5.57 Å². The zero-order valence-electron chi connectivity index (χ0n) is 13.0. The summed E-state index contributed by atoms with van der Waals surface area (Å²) in [4.78, 5) is 0. The van der Waals surface area contributed by atoms with Crippen LogP contribution >= 0.6 is 0 Å². The van der Waals surface area contributed by atoms with Crippen LogP contribution in [0.25, 0.3) is 27.2 Å². The van der Waals surface area contributed by atoms with E-state index in [1.807, 2.05) is 47.9 Å². The van der Waals surface area contributed by atoms with E-state index >= 15 is 0 Å². The van der Waals surface area contributed by atoms with E-state index in [0.29, 0.717) is 11.9 Å². The number of rotatable bonds is 2. The summed E-state index contributed by atoms with van der Waals surface area (Å²) in [5.74, 6) is 0. The van der Waals surface area contributed by atoms with Gasteiger partial charge in [0, 0.05) is 22.8 Å². The van der Waals surface area contributed by atoms with Crippen LogP contribution in [-0.2, 0) is 6.54 Å². The number of aromatic nitrogens is 1. The number of hydrogen-bond acceptors (Lipinski definition) is 4. The smallest absolute Gasteiger partial charge is 0.153 e. The molecule has 114 valence electrons. The molecule has 1 heterocycles. The van der Waals surface area contributed by atoms with Gasteiger partial charge in [-0.05, 0) is 18.4 Å². The van der Waals surface area contributed by atoms with Gasteiger partial charge in [-0.15, -0.1) is 0 Å². The van der Waals surface area contributed by atoms with Crippen molar-refractivity contribution in [1.82, 2.24) is 4.57 Å². The number of nitriles is 3. The second-order valence-electron chi connectivity index (χ2n) is 5.27. The minimum absolute atomic E-state index is 0.0826. The molecule has 0 unspecified atom stereocenters. The van der Waals surface area contributed by atoms with Crippen LogP contribution in [0.15, 0.2) is 47.7 Å². The zero-order chi connectivity index (χ0) is 17.3. The first-order chi connectivity index (χ1) is 11.7. The summed E-state index contributed by atoms with van der Waals surface area (Å²) in [5, 5.41) is 31.5. The Balaban J connectivity index is 2.67. The van der Waals surface area contributed by atoms with Crippen molar-refractivity contribution in [2.75, 3.05) is 0 Å². The summed E-state index contributed by atoms with van der Waals surface area (Å²) in [7, 11) is 0. The number of aryl methyl sites for hydroxylation is 1. The van der Waals surface area contributed by atoms with E-state index in [1.165, 1.54) is 0 Å². The van der Waals surface area contributed by atoms with Gasteiger partial charge in [0.05, 0.1) is 11.0 Å². The molecular formula is C19H13N5. The molecule has 2 N–H and O–H groups in total. The van der Waals surface area contributed by atoms with E-state index in [9.17, 15) is 5.26 Å². The van der Waals surface area contributed by atoms with E-state index in [0.717, 1.165) is 21.7 Å². The molecule has 2 aromatic carbocycles. The lowest BCUT2D eigenvalue weighted by molar-refractivity contribution is 0.775. The third-order valence-electron chi connectivity index (χ3n) is 4.13. The standard InChI is InChI=1S/C19H13N5/c1-2-24-16-8-4-6-12-5-3-7-14(17(12)16)19(24)15(11-22)18(23)13(9-20)10-21/h3-8H,2,23H2,1H3. The van der Waals surface area contributed by atoms with Gasteiger partial charge in [0.2, 0.25) is 0 Å². The summed E-state index contributed by atoms with van der Waals surface area (Å²) < 4.78 is 2.00. The fourth-order valence-corrected chi connectivity index (χ4v) is 3.12. The molecule has 0 aliphatic carbocycles. The average molecular weight is 311 g/mol. The summed E-state index contributed by atoms with van der Waals surface area (Å²) in [6.45, 7) is 2.62. The molecule has 3 rings (SSSR count). The molecule has 0 saturated carbocycles. The Bertz CT molecular complexity index is 1150. The van der Waals surface area contributed by atoms with Crippen LogP contribution in [0, 0.1) is 34.0 Å². The van der Waals surface area contributed by atoms with Crippen molar-refractivity contribution in [3.8, 4) is 18.2 Å². The zero-order valence-corrected chi connectivity index (χ0v) is 13.0. The topological polar surface area (TPSA) is 102 Å². The lowest BCUT2D eigenvalue weighted by Gasteiger charge is -2.04. The highest BCUT2D eigenvalue weighted by Crippen LogP contribution is 2.26. The number of allylic oxidation sites excluding steroid dienone is 2. The maximum absolute atomic E-state index is 9.68. The van der Waals surface area contributed by atoms with E-state index in [2.05, 4.69) is 6.07 Å². The quantitative estimate of drug-likeness (QED) is 0.734. The highest BCUT2D eigenvalue weighted by Gasteiger charge is 2.16. The average Bonchev–Trinajstić information content (AvgIpc) is 2.93. The van der Waals surface area contributed by atoms with Gasteiger partial charge in [-0.2, -0.15) is 15.8 Å². The Morgan fingerprint density at radius 2 is 1.71 bits per heavy atom. The summed E-state index contributed by atoms with van der Waals surface area (Å²) in [6, 6.07) is 17.4. The van der Waals surface area contributed by atoms with Gasteiger partial charge < -0.3 is 10.3 Å². The van der Waals surface area contributed by atoms with Crippen molar-refractivity contribution < 1.29 is 0 Å². The highest BCUT2D eigenvalue weighted by atomic mass is 15.0. The van der Waals surface area contributed by atoms with Gasteiger partial charge in [-0.25, -0.2) is 0 Å². The molecule has 0 spiro atoms. The van der Waals surface area contributed by atoms with Crippen LogP contribution in [0.1, 0.15) is 6.92 Å². The Hall–Kier alpha value is -3.75. The van der Waals surface area contributed by atoms with Gasteiger partial charge in [0.25, 0.3) is 0 Å². The molecule has 0 saturated heterocycles. The van der Waals surface area contributed by atoms with Crippen molar-refractivity contribution in [2.24, 2.45) is 5.73 Å². The van der Waals surface area contributed by atoms with Crippen LogP contribution in [-0.4, -0.2) is 4.57 Å². The molecule has 5 heteroatoms. The molecule has 0 amide bonds. The van der Waals surface area contributed by atoms with E-state index in [4.69, 9.17) is 16.3 Å². The van der Waals surface area contributed by atoms with Crippen molar-refractivity contribution in [3.05, 3.63) is 53.0 Å². The van der Waals surface area contributed by atoms with Crippen LogP contribution in [0.5, 0.6) is 0 Å². The van der Waals surface area contributed by atoms with Crippen LogP contribution in [0.2, 0.25) is 0 Å². The predicted molar refractivity (Wildman–Crippen MR) is 91.8 cm³/mol. The molecule has 0 aliphatic heterocycles. The molecule has 5 nitrogen and oxygen atoms in total. The van der Waals surface area contributed by atoms with Crippen molar-refractivity contribution >= 4 is 27.2 Å². The van der Waals surface area contributed by atoms with Crippen LogP contribution in [0.4, 0.5) is 0 Å². The lowest BCUT2D eigenvalue weighted by atomic mass is 10.0. The van der Waals surface area contributed by atoms with Crippen molar-refractivity contribution in [2.45, 2.75) is 13.5 Å². The molecule has 0 bridgehead atoms. The number of nitrogens with two attached hydrogens (primary N) is 1. The Morgan fingerprint density at radius 3 is 2.29 bits per heavy atom. The third kappa shape index (κ3) is 1.99. The number of hydrogen-bond donors (Lipinski definition) is 1. The molecule has 0 fully saturated rings. The third-order valence-corrected chi connectivity index (χ3v) is 4.13. The van der Waals surface area contributed by atoms with Gasteiger partial charge in [-0.3, -0.25) is 0 Å². The van der Waals surface area contributed by atoms with Gasteiger partial charge in [0.1, 0.15) is 23.8 Å². The normalized spacial score (nSPS) is 11.6. The summed E-state index contributed by atoms with van der Waals surface area (Å²) in [5.41, 5.74) is 6.79. The maximum atomic E-state index is 9.68. The molecule has 0 aliphatic rings. The second kappa shape index (κ2) is 5.80. The lowest BCUT2D eigenvalue weighted by Crippen LogP contribution is -2.22. The number of nitrogens with zero attached hydrogens (tertiary/aromatic N) is 4. The van der Waals surface area contributed by atoms with E-state index in [-0.39, 0.29) is 16.8 Å². The molecule has 24 heavy (non-hydrogen) atoms. The Labute approximate surface area is 138 Å². The largest absolute Gasteiger partial charge is 0.396 e. The first-order valence-corrected chi connectivity index (χ1v) is 7.42. The molecule has 1 aromatic heterocycles. The Kier molecular flexibility index (Phi) is 3.66. The summed E-state index contributed by atoms with van der Waals surface area (Å²) >= 11 is 0. The number of benzene rings is 2. The van der Waals surface area contributed by atoms with Crippen molar-refractivity contribution in [1.29, 1.82) is 15.8 Å². The molecule has 3 aromatic rings. The summed E-state index contributed by atoms with van der Waals surface area (Å²) in [6.07, 6.45) is 0. The van der Waals surface area contributed by atoms with E-state index in [1.54, 1.807) is 12.1 Å². The fourth-order valence-electron chi connectivity index (χ4n) is 3.12. The fraction of sp³-hybridized carbons (Fsp3) is 0.105.